The van der Waals surface area contributed by atoms with E-state index in [9.17, 15) is 8.42 Å². The Morgan fingerprint density at radius 3 is 2.70 bits per heavy atom. The Balaban J connectivity index is 2.45. The average molecular weight is 414 g/mol. The van der Waals surface area contributed by atoms with Crippen LogP contribution < -0.4 is 4.74 Å². The summed E-state index contributed by atoms with van der Waals surface area (Å²) in [5.74, 6) is 0.322. The van der Waals surface area contributed by atoms with Crippen molar-refractivity contribution in [2.75, 3.05) is 32.3 Å². The quantitative estimate of drug-likeness (QED) is 0.204. The first kappa shape index (κ1) is 21.2. The van der Waals surface area contributed by atoms with Crippen LogP contribution in [0.25, 0.3) is 21.2 Å². The molecule has 0 bridgehead atoms. The van der Waals surface area contributed by atoms with Gasteiger partial charge in [0.05, 0.1) is 29.9 Å². The molecule has 0 aliphatic heterocycles. The average Bonchev–Trinajstić information content (AvgIpc) is 2.57. The highest BCUT2D eigenvalue weighted by Gasteiger charge is 2.29. The summed E-state index contributed by atoms with van der Waals surface area (Å²) in [6, 6.07) is 1.64. The van der Waals surface area contributed by atoms with Crippen LogP contribution in [0.3, 0.4) is 0 Å². The molecule has 0 N–H and O–H groups in total. The summed E-state index contributed by atoms with van der Waals surface area (Å²) < 4.78 is 33.3. The molecule has 9 nitrogen and oxygen atoms in total. The van der Waals surface area contributed by atoms with Gasteiger partial charge in [-0.05, 0) is 35.9 Å². The van der Waals surface area contributed by atoms with Crippen molar-refractivity contribution >= 4 is 32.2 Å². The largest absolute Gasteiger partial charge is 0.477 e. The van der Waals surface area contributed by atoms with Gasteiger partial charge in [0.25, 0.3) is 0 Å². The lowest BCUT2D eigenvalue weighted by Crippen LogP contribution is -2.25. The maximum atomic E-state index is 11.2. The smallest absolute Gasteiger partial charge is 0.222 e. The van der Waals surface area contributed by atoms with Gasteiger partial charge in [-0.2, -0.15) is 0 Å². The Hall–Kier alpha value is -2.13. The Morgan fingerprint density at radius 1 is 1.33 bits per heavy atom. The van der Waals surface area contributed by atoms with Gasteiger partial charge in [0, 0.05) is 30.7 Å². The van der Waals surface area contributed by atoms with Gasteiger partial charge in [-0.1, -0.05) is 16.7 Å². The number of nitrogens with zero attached hydrogens (tertiary/aromatic N) is 5. The molecule has 0 radical (unpaired) electrons. The minimum Gasteiger partial charge on any atom is -0.477 e. The topological polar surface area (TPSA) is 127 Å². The van der Waals surface area contributed by atoms with Gasteiger partial charge in [-0.25, -0.2) is 18.4 Å². The van der Waals surface area contributed by atoms with Crippen molar-refractivity contribution in [1.29, 1.82) is 0 Å². The normalized spacial score (nSPS) is 13.8. The van der Waals surface area contributed by atoms with E-state index in [1.807, 2.05) is 0 Å². The summed E-state index contributed by atoms with van der Waals surface area (Å²) in [7, 11) is -1.55. The van der Waals surface area contributed by atoms with Gasteiger partial charge < -0.3 is 9.47 Å². The van der Waals surface area contributed by atoms with E-state index >= 15 is 0 Å². The maximum Gasteiger partial charge on any atom is 0.222 e. The van der Waals surface area contributed by atoms with Gasteiger partial charge >= 0.3 is 0 Å². The molecular weight excluding hydrogens is 394 g/mol. The van der Waals surface area contributed by atoms with E-state index in [0.29, 0.717) is 28.6 Å². The first-order chi connectivity index (χ1) is 12.7. The Labute approximate surface area is 162 Å². The minimum atomic E-state index is -3.06. The van der Waals surface area contributed by atoms with Gasteiger partial charge in [0.15, 0.2) is 0 Å². The minimum absolute atomic E-state index is 0.0237. The molecule has 0 unspecified atom stereocenters. The van der Waals surface area contributed by atoms with Crippen molar-refractivity contribution in [2.24, 2.45) is 5.11 Å². The number of sulfone groups is 1. The molecule has 2 heterocycles. The molecular formula is C16H20ClN5O4S. The molecule has 1 atom stereocenters. The lowest BCUT2D eigenvalue weighted by molar-refractivity contribution is 0.141. The van der Waals surface area contributed by atoms with Gasteiger partial charge in [-0.3, -0.25) is 0 Å². The predicted molar refractivity (Wildman–Crippen MR) is 103 cm³/mol. The van der Waals surface area contributed by atoms with Crippen molar-refractivity contribution in [2.45, 2.75) is 18.9 Å². The molecule has 2 aromatic rings. The molecule has 0 aliphatic rings. The van der Waals surface area contributed by atoms with Crippen LogP contribution in [-0.4, -0.2) is 50.7 Å². The number of methoxy groups -OCH3 is 1. The lowest BCUT2D eigenvalue weighted by Gasteiger charge is -2.25. The Kier molecular flexibility index (Phi) is 6.83. The van der Waals surface area contributed by atoms with Crippen molar-refractivity contribution in [1.82, 2.24) is 9.97 Å². The van der Waals surface area contributed by atoms with Crippen LogP contribution >= 0.6 is 11.6 Å². The van der Waals surface area contributed by atoms with E-state index in [-0.39, 0.29) is 24.1 Å². The van der Waals surface area contributed by atoms with Crippen LogP contribution in [0.5, 0.6) is 5.88 Å². The number of hydrogen-bond acceptors (Lipinski definition) is 7. The summed E-state index contributed by atoms with van der Waals surface area (Å²) in [5, 5.41) is 5.37. The first-order valence-corrected chi connectivity index (χ1v) is 10.4. The molecule has 0 saturated carbocycles. The summed E-state index contributed by atoms with van der Waals surface area (Å²) in [6.45, 7) is 2.05. The second kappa shape index (κ2) is 8.71. The number of aromatic nitrogens is 2. The monoisotopic (exact) mass is 413 g/mol. The predicted octanol–water partition coefficient (Wildman–Crippen LogP) is 3.27. The lowest BCUT2D eigenvalue weighted by atomic mass is 9.91. The fraction of sp³-hybridized carbons (Fsp3) is 0.500. The molecule has 0 aliphatic carbocycles. The standard InChI is InChI=1S/C16H20ClN5O4S/c1-16(10-25-2,21-22-18)13-9-20-15(26-5-4-6-27(3,23)24)12-8-19-14(17)7-11(12)13/h7-9H,4-6,10H2,1-3H3/t16-/m1/s1. The van der Waals surface area contributed by atoms with Crippen LogP contribution in [0.1, 0.15) is 18.9 Å². The first-order valence-electron chi connectivity index (χ1n) is 8.00. The second-order valence-corrected chi connectivity index (χ2v) is 8.90. The zero-order valence-corrected chi connectivity index (χ0v) is 16.8. The number of hydrogen-bond donors (Lipinski definition) is 0. The third kappa shape index (κ3) is 5.43. The zero-order valence-electron chi connectivity index (χ0n) is 15.2. The summed E-state index contributed by atoms with van der Waals surface area (Å²) >= 11 is 6.05. The molecule has 0 saturated heterocycles. The third-order valence-electron chi connectivity index (χ3n) is 3.87. The molecule has 0 fully saturated rings. The van der Waals surface area contributed by atoms with Crippen molar-refractivity contribution in [3.8, 4) is 5.88 Å². The number of halogens is 1. The van der Waals surface area contributed by atoms with Crippen molar-refractivity contribution in [3.63, 3.8) is 0 Å². The number of azide groups is 1. The van der Waals surface area contributed by atoms with E-state index in [0.717, 1.165) is 0 Å². The Morgan fingerprint density at radius 2 is 2.07 bits per heavy atom. The number of ether oxygens (including phenoxy) is 2. The van der Waals surface area contributed by atoms with Crippen molar-refractivity contribution in [3.05, 3.63) is 39.6 Å². The summed E-state index contributed by atoms with van der Waals surface area (Å²) in [6.07, 6.45) is 4.57. The maximum absolute atomic E-state index is 11.2. The van der Waals surface area contributed by atoms with E-state index in [1.54, 1.807) is 13.0 Å². The number of fused-ring (bicyclic) bond motifs is 1. The molecule has 146 valence electrons. The van der Waals surface area contributed by atoms with Crippen LogP contribution in [-0.2, 0) is 20.1 Å². The van der Waals surface area contributed by atoms with Crippen LogP contribution in [0, 0.1) is 0 Å². The van der Waals surface area contributed by atoms with Gasteiger partial charge in [0.1, 0.15) is 15.0 Å². The number of rotatable bonds is 9. The van der Waals surface area contributed by atoms with E-state index in [1.165, 1.54) is 25.8 Å². The highest BCUT2D eigenvalue weighted by atomic mass is 35.5. The molecule has 2 rings (SSSR count). The second-order valence-electron chi connectivity index (χ2n) is 6.26. The fourth-order valence-corrected chi connectivity index (χ4v) is 3.46. The summed E-state index contributed by atoms with van der Waals surface area (Å²) in [4.78, 5) is 11.3. The van der Waals surface area contributed by atoms with Gasteiger partial charge in [0.2, 0.25) is 5.88 Å². The molecule has 0 spiro atoms. The van der Waals surface area contributed by atoms with Crippen LogP contribution in [0.15, 0.2) is 23.6 Å². The van der Waals surface area contributed by atoms with E-state index in [2.05, 4.69) is 20.0 Å². The van der Waals surface area contributed by atoms with Crippen LogP contribution in [0.2, 0.25) is 5.15 Å². The van der Waals surface area contributed by atoms with Crippen LogP contribution in [0.4, 0.5) is 0 Å². The highest BCUT2D eigenvalue weighted by molar-refractivity contribution is 7.90. The third-order valence-corrected chi connectivity index (χ3v) is 5.11. The highest BCUT2D eigenvalue weighted by Crippen LogP contribution is 2.36. The van der Waals surface area contributed by atoms with Crippen molar-refractivity contribution < 1.29 is 17.9 Å². The van der Waals surface area contributed by atoms with Gasteiger partial charge in [-0.15, -0.1) is 0 Å². The zero-order chi connectivity index (χ0) is 20.1. The SMILES string of the molecule is COC[C@@](C)(N=[N+]=[N-])c1cnc(OCCCS(C)(=O)=O)c2cnc(Cl)cc12. The number of pyridine rings is 2. The Bertz CT molecular complexity index is 978. The van der Waals surface area contributed by atoms with E-state index in [4.69, 9.17) is 26.6 Å². The molecule has 0 amide bonds. The fourth-order valence-electron chi connectivity index (χ4n) is 2.66. The molecule has 27 heavy (non-hydrogen) atoms. The van der Waals surface area contributed by atoms with E-state index < -0.39 is 15.4 Å². The summed E-state index contributed by atoms with van der Waals surface area (Å²) in [5.41, 5.74) is 8.56. The molecule has 11 heteroatoms. The molecule has 0 aromatic carbocycles. The molecule has 2 aromatic heterocycles.